The number of benzene rings is 1. The lowest BCUT2D eigenvalue weighted by atomic mass is 10.1. The largest absolute Gasteiger partial charge is 0.361 e. The van der Waals surface area contributed by atoms with E-state index in [1.807, 2.05) is 6.20 Å². The van der Waals surface area contributed by atoms with Crippen LogP contribution in [0.4, 0.5) is 0 Å². The van der Waals surface area contributed by atoms with Gasteiger partial charge in [-0.1, -0.05) is 25.0 Å². The van der Waals surface area contributed by atoms with Gasteiger partial charge < -0.3 is 10.3 Å². The highest BCUT2D eigenvalue weighted by Gasteiger charge is 2.32. The van der Waals surface area contributed by atoms with Crippen LogP contribution in [0.5, 0.6) is 0 Å². The van der Waals surface area contributed by atoms with Gasteiger partial charge in [-0.2, -0.15) is 11.8 Å². The number of aromatic amines is 1. The van der Waals surface area contributed by atoms with Crippen LogP contribution >= 0.6 is 11.8 Å². The van der Waals surface area contributed by atoms with Crippen molar-refractivity contribution in [1.82, 2.24) is 10.3 Å². The van der Waals surface area contributed by atoms with E-state index in [2.05, 4.69) is 52.6 Å². The van der Waals surface area contributed by atoms with Crippen LogP contribution in [-0.4, -0.2) is 22.5 Å². The third kappa shape index (κ3) is 2.67. The molecule has 1 aliphatic carbocycles. The predicted octanol–water partition coefficient (Wildman–Crippen LogP) is 3.93. The zero-order valence-corrected chi connectivity index (χ0v) is 12.4. The highest BCUT2D eigenvalue weighted by Crippen LogP contribution is 2.39. The minimum absolute atomic E-state index is 0.492. The molecule has 1 aliphatic rings. The van der Waals surface area contributed by atoms with Crippen molar-refractivity contribution in [2.24, 2.45) is 0 Å². The van der Waals surface area contributed by atoms with Crippen molar-refractivity contribution >= 4 is 22.7 Å². The van der Waals surface area contributed by atoms with Gasteiger partial charge in [-0.15, -0.1) is 0 Å². The van der Waals surface area contributed by atoms with E-state index in [0.29, 0.717) is 4.75 Å². The molecule has 1 heterocycles. The molecule has 102 valence electrons. The average Bonchev–Trinajstić information content (AvgIpc) is 3.08. The molecule has 3 rings (SSSR count). The van der Waals surface area contributed by atoms with E-state index in [0.717, 1.165) is 13.1 Å². The summed E-state index contributed by atoms with van der Waals surface area (Å²) in [5.41, 5.74) is 2.63. The van der Waals surface area contributed by atoms with E-state index in [1.165, 1.54) is 42.1 Å². The fourth-order valence-corrected chi connectivity index (χ4v) is 4.15. The van der Waals surface area contributed by atoms with E-state index < -0.39 is 0 Å². The Bertz CT molecular complexity index is 540. The standard InChI is InChI=1S/C16H22N2S/c1-19-16(8-2-3-9-16)12-17-11-13-5-4-6-15-14(13)7-10-18-15/h4-7,10,17-18H,2-3,8-9,11-12H2,1H3. The Labute approximate surface area is 119 Å². The first kappa shape index (κ1) is 13.1. The number of hydrogen-bond donors (Lipinski definition) is 2. The van der Waals surface area contributed by atoms with E-state index in [9.17, 15) is 0 Å². The molecule has 1 fully saturated rings. The third-order valence-corrected chi connectivity index (χ3v) is 5.81. The van der Waals surface area contributed by atoms with Gasteiger partial charge in [0.2, 0.25) is 0 Å². The summed E-state index contributed by atoms with van der Waals surface area (Å²) in [5.74, 6) is 0. The van der Waals surface area contributed by atoms with Crippen LogP contribution in [0.15, 0.2) is 30.5 Å². The molecule has 0 unspecified atom stereocenters. The van der Waals surface area contributed by atoms with Crippen molar-refractivity contribution in [3.8, 4) is 0 Å². The zero-order valence-electron chi connectivity index (χ0n) is 11.5. The van der Waals surface area contributed by atoms with E-state index in [4.69, 9.17) is 0 Å². The number of thioether (sulfide) groups is 1. The highest BCUT2D eigenvalue weighted by molar-refractivity contribution is 8.00. The monoisotopic (exact) mass is 274 g/mol. The second kappa shape index (κ2) is 5.59. The number of fused-ring (bicyclic) bond motifs is 1. The lowest BCUT2D eigenvalue weighted by molar-refractivity contribution is 0.534. The molecule has 0 saturated heterocycles. The number of nitrogens with one attached hydrogen (secondary N) is 2. The first-order valence-corrected chi connectivity index (χ1v) is 8.36. The summed E-state index contributed by atoms with van der Waals surface area (Å²) in [5, 5.41) is 5.03. The molecule has 1 aromatic heterocycles. The van der Waals surface area contributed by atoms with E-state index in [1.54, 1.807) is 0 Å². The second-order valence-corrected chi connectivity index (χ2v) is 6.83. The fraction of sp³-hybridized carbons (Fsp3) is 0.500. The molecule has 0 aliphatic heterocycles. The van der Waals surface area contributed by atoms with Gasteiger partial charge in [-0.05, 0) is 36.8 Å². The van der Waals surface area contributed by atoms with Crippen LogP contribution in [0.25, 0.3) is 10.9 Å². The predicted molar refractivity (Wildman–Crippen MR) is 84.7 cm³/mol. The van der Waals surface area contributed by atoms with Crippen molar-refractivity contribution in [2.75, 3.05) is 12.8 Å². The van der Waals surface area contributed by atoms with Crippen molar-refractivity contribution < 1.29 is 0 Å². The molecule has 1 aromatic carbocycles. The third-order valence-electron chi connectivity index (χ3n) is 4.40. The van der Waals surface area contributed by atoms with Gasteiger partial charge in [0.25, 0.3) is 0 Å². The van der Waals surface area contributed by atoms with Gasteiger partial charge in [0.1, 0.15) is 0 Å². The summed E-state index contributed by atoms with van der Waals surface area (Å²) < 4.78 is 0.492. The first-order chi connectivity index (χ1) is 9.33. The number of hydrogen-bond acceptors (Lipinski definition) is 2. The molecule has 19 heavy (non-hydrogen) atoms. The molecule has 3 heteroatoms. The molecule has 2 aromatic rings. The highest BCUT2D eigenvalue weighted by atomic mass is 32.2. The molecule has 0 radical (unpaired) electrons. The zero-order chi connectivity index (χ0) is 13.1. The smallest absolute Gasteiger partial charge is 0.0457 e. The number of aromatic nitrogens is 1. The van der Waals surface area contributed by atoms with E-state index >= 15 is 0 Å². The molecular weight excluding hydrogens is 252 g/mol. The minimum atomic E-state index is 0.492. The fourth-order valence-electron chi connectivity index (χ4n) is 3.20. The molecule has 1 saturated carbocycles. The van der Waals surface area contributed by atoms with Crippen molar-refractivity contribution in [3.05, 3.63) is 36.0 Å². The maximum atomic E-state index is 3.68. The minimum Gasteiger partial charge on any atom is -0.361 e. The van der Waals surface area contributed by atoms with Gasteiger partial charge in [-0.25, -0.2) is 0 Å². The van der Waals surface area contributed by atoms with Gasteiger partial charge in [-0.3, -0.25) is 0 Å². The summed E-state index contributed by atoms with van der Waals surface area (Å²) >= 11 is 2.05. The average molecular weight is 274 g/mol. The lowest BCUT2D eigenvalue weighted by Gasteiger charge is -2.27. The van der Waals surface area contributed by atoms with Crippen LogP contribution in [-0.2, 0) is 6.54 Å². The first-order valence-electron chi connectivity index (χ1n) is 7.14. The van der Waals surface area contributed by atoms with Gasteiger partial charge in [0.05, 0.1) is 0 Å². The Morgan fingerprint density at radius 3 is 2.89 bits per heavy atom. The topological polar surface area (TPSA) is 27.8 Å². The maximum Gasteiger partial charge on any atom is 0.0457 e. The molecule has 0 amide bonds. The second-order valence-electron chi connectivity index (χ2n) is 5.55. The van der Waals surface area contributed by atoms with Crippen molar-refractivity contribution in [1.29, 1.82) is 0 Å². The SMILES string of the molecule is CSC1(CNCc2cccc3[nH]ccc23)CCCC1. The summed E-state index contributed by atoms with van der Waals surface area (Å²) in [7, 11) is 0. The summed E-state index contributed by atoms with van der Waals surface area (Å²) in [6.45, 7) is 2.10. The molecule has 0 bridgehead atoms. The Hall–Kier alpha value is -0.930. The lowest BCUT2D eigenvalue weighted by Crippen LogP contribution is -2.34. The Morgan fingerprint density at radius 2 is 2.11 bits per heavy atom. The Kier molecular flexibility index (Phi) is 3.85. The van der Waals surface area contributed by atoms with E-state index in [-0.39, 0.29) is 0 Å². The molecule has 0 atom stereocenters. The van der Waals surface area contributed by atoms with Crippen LogP contribution in [0.3, 0.4) is 0 Å². The van der Waals surface area contributed by atoms with Crippen molar-refractivity contribution in [2.45, 2.75) is 37.0 Å². The molecule has 0 spiro atoms. The van der Waals surface area contributed by atoms with Crippen LogP contribution in [0.2, 0.25) is 0 Å². The number of H-pyrrole nitrogens is 1. The van der Waals surface area contributed by atoms with Crippen LogP contribution in [0, 0.1) is 0 Å². The van der Waals surface area contributed by atoms with Crippen LogP contribution < -0.4 is 5.32 Å². The van der Waals surface area contributed by atoms with Gasteiger partial charge >= 0.3 is 0 Å². The van der Waals surface area contributed by atoms with Gasteiger partial charge in [0, 0.05) is 34.9 Å². The Morgan fingerprint density at radius 1 is 1.26 bits per heavy atom. The summed E-state index contributed by atoms with van der Waals surface area (Å²) in [4.78, 5) is 3.28. The summed E-state index contributed by atoms with van der Waals surface area (Å²) in [6, 6.07) is 8.67. The molecular formula is C16H22N2S. The normalized spacial score (nSPS) is 18.2. The van der Waals surface area contributed by atoms with Crippen LogP contribution in [0.1, 0.15) is 31.2 Å². The van der Waals surface area contributed by atoms with Crippen molar-refractivity contribution in [3.63, 3.8) is 0 Å². The molecule has 2 nitrogen and oxygen atoms in total. The Balaban J connectivity index is 1.64. The quantitative estimate of drug-likeness (QED) is 0.864. The van der Waals surface area contributed by atoms with Gasteiger partial charge in [0.15, 0.2) is 0 Å². The molecule has 2 N–H and O–H groups in total. The number of rotatable bonds is 5. The maximum absolute atomic E-state index is 3.68. The summed E-state index contributed by atoms with van der Waals surface area (Å²) in [6.07, 6.45) is 9.82.